The molecule has 0 aliphatic rings. The lowest BCUT2D eigenvalue weighted by Crippen LogP contribution is -2.09. The van der Waals surface area contributed by atoms with E-state index in [1.165, 1.54) is 0 Å². The molecule has 0 saturated heterocycles. The first-order valence-corrected chi connectivity index (χ1v) is 4.89. The summed E-state index contributed by atoms with van der Waals surface area (Å²) in [7, 11) is 0. The Balaban J connectivity index is 2.91. The van der Waals surface area contributed by atoms with E-state index in [9.17, 15) is 4.79 Å². The predicted octanol–water partition coefficient (Wildman–Crippen LogP) is 1.66. The highest BCUT2D eigenvalue weighted by Crippen LogP contribution is 2.19. The number of anilines is 1. The first kappa shape index (κ1) is 10.9. The van der Waals surface area contributed by atoms with Crippen LogP contribution in [0.5, 0.6) is 0 Å². The van der Waals surface area contributed by atoms with Crippen LogP contribution in [0.2, 0.25) is 0 Å². The summed E-state index contributed by atoms with van der Waals surface area (Å²) in [6, 6.07) is 5.16. The SMILES string of the molecule is C#CCOC(=O)c1cccc(I)c1N. The van der Waals surface area contributed by atoms with Crippen LogP contribution in [-0.2, 0) is 4.74 Å². The fraction of sp³-hybridized carbons (Fsp3) is 0.100. The average molecular weight is 301 g/mol. The number of nitrogens with two attached hydrogens (primary N) is 1. The van der Waals surface area contributed by atoms with Gasteiger partial charge in [0, 0.05) is 3.57 Å². The highest BCUT2D eigenvalue weighted by Gasteiger charge is 2.11. The molecule has 4 heteroatoms. The molecular formula is C10H8INO2. The third-order valence-corrected chi connectivity index (χ3v) is 2.50. The van der Waals surface area contributed by atoms with E-state index in [4.69, 9.17) is 16.9 Å². The van der Waals surface area contributed by atoms with E-state index in [-0.39, 0.29) is 6.61 Å². The minimum absolute atomic E-state index is 0.0379. The lowest BCUT2D eigenvalue weighted by Gasteiger charge is -2.05. The Hall–Kier alpha value is -1.22. The molecule has 1 aromatic rings. The number of nitrogen functional groups attached to an aromatic ring is 1. The molecule has 0 radical (unpaired) electrons. The zero-order chi connectivity index (χ0) is 10.6. The van der Waals surface area contributed by atoms with Gasteiger partial charge in [-0.05, 0) is 34.7 Å². The Morgan fingerprint density at radius 2 is 2.36 bits per heavy atom. The van der Waals surface area contributed by atoms with Crippen molar-refractivity contribution in [2.24, 2.45) is 0 Å². The molecule has 0 aliphatic carbocycles. The van der Waals surface area contributed by atoms with Crippen LogP contribution in [0.25, 0.3) is 0 Å². The number of ether oxygens (including phenoxy) is 1. The molecule has 14 heavy (non-hydrogen) atoms. The Morgan fingerprint density at radius 1 is 1.64 bits per heavy atom. The molecule has 0 heterocycles. The molecule has 1 aromatic carbocycles. The van der Waals surface area contributed by atoms with Gasteiger partial charge in [-0.2, -0.15) is 0 Å². The summed E-state index contributed by atoms with van der Waals surface area (Å²) in [4.78, 5) is 11.4. The number of carbonyl (C=O) groups is 1. The molecule has 0 aliphatic heterocycles. The smallest absolute Gasteiger partial charge is 0.341 e. The van der Waals surface area contributed by atoms with Crippen LogP contribution in [-0.4, -0.2) is 12.6 Å². The first-order chi connectivity index (χ1) is 6.66. The van der Waals surface area contributed by atoms with Crippen molar-refractivity contribution in [3.05, 3.63) is 27.3 Å². The Morgan fingerprint density at radius 3 is 3.00 bits per heavy atom. The summed E-state index contributed by atoms with van der Waals surface area (Å²) in [5, 5.41) is 0. The van der Waals surface area contributed by atoms with Gasteiger partial charge in [0.1, 0.15) is 0 Å². The van der Waals surface area contributed by atoms with Crippen molar-refractivity contribution >= 4 is 34.2 Å². The molecule has 0 aromatic heterocycles. The van der Waals surface area contributed by atoms with Gasteiger partial charge < -0.3 is 10.5 Å². The standard InChI is InChI=1S/C10H8INO2/c1-2-6-14-10(13)7-4-3-5-8(11)9(7)12/h1,3-5H,6,12H2. The van der Waals surface area contributed by atoms with Gasteiger partial charge in [0.05, 0.1) is 11.3 Å². The van der Waals surface area contributed by atoms with Gasteiger partial charge >= 0.3 is 5.97 Å². The molecule has 2 N–H and O–H groups in total. The maximum Gasteiger partial charge on any atom is 0.341 e. The Kier molecular flexibility index (Phi) is 3.77. The number of halogens is 1. The number of esters is 1. The zero-order valence-electron chi connectivity index (χ0n) is 7.29. The molecule has 0 saturated carbocycles. The van der Waals surface area contributed by atoms with Crippen molar-refractivity contribution in [1.82, 2.24) is 0 Å². The number of terminal acetylenes is 1. The Labute approximate surface area is 95.8 Å². The number of benzene rings is 1. The normalized spacial score (nSPS) is 9.14. The molecule has 72 valence electrons. The van der Waals surface area contributed by atoms with Crippen molar-refractivity contribution in [2.75, 3.05) is 12.3 Å². The third kappa shape index (κ3) is 2.39. The molecular weight excluding hydrogens is 293 g/mol. The number of hydrogen-bond acceptors (Lipinski definition) is 3. The second kappa shape index (κ2) is 4.86. The van der Waals surface area contributed by atoms with E-state index in [0.717, 1.165) is 3.57 Å². The highest BCUT2D eigenvalue weighted by molar-refractivity contribution is 14.1. The van der Waals surface area contributed by atoms with E-state index >= 15 is 0 Å². The largest absolute Gasteiger partial charge is 0.449 e. The van der Waals surface area contributed by atoms with Crippen LogP contribution in [0.1, 0.15) is 10.4 Å². The third-order valence-electron chi connectivity index (χ3n) is 1.56. The van der Waals surface area contributed by atoms with Crippen LogP contribution in [0, 0.1) is 15.9 Å². The number of carbonyl (C=O) groups excluding carboxylic acids is 1. The van der Waals surface area contributed by atoms with Gasteiger partial charge in [-0.25, -0.2) is 4.79 Å². The monoisotopic (exact) mass is 301 g/mol. The van der Waals surface area contributed by atoms with E-state index in [1.54, 1.807) is 12.1 Å². The molecule has 0 atom stereocenters. The molecule has 0 unspecified atom stereocenters. The number of hydrogen-bond donors (Lipinski definition) is 1. The maximum absolute atomic E-state index is 11.4. The van der Waals surface area contributed by atoms with Crippen molar-refractivity contribution in [3.8, 4) is 12.3 Å². The molecule has 0 bridgehead atoms. The van der Waals surface area contributed by atoms with E-state index in [0.29, 0.717) is 11.3 Å². The fourth-order valence-electron chi connectivity index (χ4n) is 0.900. The van der Waals surface area contributed by atoms with E-state index in [1.807, 2.05) is 28.7 Å². The second-order valence-electron chi connectivity index (χ2n) is 2.48. The van der Waals surface area contributed by atoms with Crippen molar-refractivity contribution in [2.45, 2.75) is 0 Å². The van der Waals surface area contributed by atoms with Crippen LogP contribution in [0.4, 0.5) is 5.69 Å². The van der Waals surface area contributed by atoms with Gasteiger partial charge in [-0.1, -0.05) is 12.0 Å². The molecule has 0 spiro atoms. The number of rotatable bonds is 2. The summed E-state index contributed by atoms with van der Waals surface area (Å²) in [5.74, 6) is 1.73. The first-order valence-electron chi connectivity index (χ1n) is 3.81. The zero-order valence-corrected chi connectivity index (χ0v) is 9.45. The van der Waals surface area contributed by atoms with Gasteiger partial charge in [-0.15, -0.1) is 6.42 Å². The lowest BCUT2D eigenvalue weighted by atomic mass is 10.2. The van der Waals surface area contributed by atoms with Crippen LogP contribution >= 0.6 is 22.6 Å². The van der Waals surface area contributed by atoms with Gasteiger partial charge in [0.15, 0.2) is 6.61 Å². The summed E-state index contributed by atoms with van der Waals surface area (Å²) in [6.45, 7) is -0.0379. The average Bonchev–Trinajstić information content (AvgIpc) is 2.18. The predicted molar refractivity (Wildman–Crippen MR) is 62.7 cm³/mol. The topological polar surface area (TPSA) is 52.3 Å². The van der Waals surface area contributed by atoms with Crippen LogP contribution < -0.4 is 5.73 Å². The Bertz CT molecular complexity index is 396. The van der Waals surface area contributed by atoms with Crippen molar-refractivity contribution in [1.29, 1.82) is 0 Å². The quantitative estimate of drug-likeness (QED) is 0.391. The summed E-state index contributed by atoms with van der Waals surface area (Å²) >= 11 is 2.05. The van der Waals surface area contributed by atoms with Crippen LogP contribution in [0.3, 0.4) is 0 Å². The summed E-state index contributed by atoms with van der Waals surface area (Å²) in [5.41, 5.74) is 6.48. The molecule has 0 fully saturated rings. The fourth-order valence-corrected chi connectivity index (χ4v) is 1.40. The van der Waals surface area contributed by atoms with Crippen LogP contribution in [0.15, 0.2) is 18.2 Å². The van der Waals surface area contributed by atoms with Crippen molar-refractivity contribution in [3.63, 3.8) is 0 Å². The molecule has 1 rings (SSSR count). The second-order valence-corrected chi connectivity index (χ2v) is 3.64. The number of para-hydroxylation sites is 1. The van der Waals surface area contributed by atoms with Crippen molar-refractivity contribution < 1.29 is 9.53 Å². The minimum atomic E-state index is -0.487. The minimum Gasteiger partial charge on any atom is -0.449 e. The highest BCUT2D eigenvalue weighted by atomic mass is 127. The summed E-state index contributed by atoms with van der Waals surface area (Å²) in [6.07, 6.45) is 4.96. The van der Waals surface area contributed by atoms with Gasteiger partial charge in [-0.3, -0.25) is 0 Å². The van der Waals surface area contributed by atoms with Gasteiger partial charge in [0.25, 0.3) is 0 Å². The van der Waals surface area contributed by atoms with E-state index in [2.05, 4.69) is 5.92 Å². The lowest BCUT2D eigenvalue weighted by molar-refractivity contribution is 0.0558. The van der Waals surface area contributed by atoms with E-state index < -0.39 is 5.97 Å². The molecule has 0 amide bonds. The summed E-state index contributed by atoms with van der Waals surface area (Å²) < 4.78 is 5.57. The molecule has 3 nitrogen and oxygen atoms in total. The maximum atomic E-state index is 11.4. The van der Waals surface area contributed by atoms with Gasteiger partial charge in [0.2, 0.25) is 0 Å².